The van der Waals surface area contributed by atoms with Crippen LogP contribution in [0.15, 0.2) is 206 Å². The second-order valence-corrected chi connectivity index (χ2v) is 36.0. The quantitative estimate of drug-likeness (QED) is 0.0128. The second-order valence-electron chi connectivity index (χ2n) is 36.0. The van der Waals surface area contributed by atoms with Crippen LogP contribution in [0.25, 0.3) is 0 Å². The summed E-state index contributed by atoms with van der Waals surface area (Å²) in [7, 11) is 0. The molecule has 142 heavy (non-hydrogen) atoms. The Morgan fingerprint density at radius 3 is 0.796 bits per heavy atom. The fourth-order valence-electron chi connectivity index (χ4n) is 18.1. The van der Waals surface area contributed by atoms with Crippen molar-refractivity contribution >= 4 is 36.6 Å². The largest absolute Gasteiger partial charge is 0.445 e. The predicted octanol–water partition coefficient (Wildman–Crippen LogP) is 10.2. The lowest BCUT2D eigenvalue weighted by molar-refractivity contribution is -0.315. The summed E-state index contributed by atoms with van der Waals surface area (Å²) in [5.74, 6) is -1.02. The van der Waals surface area contributed by atoms with Crippen molar-refractivity contribution in [2.75, 3.05) is 0 Å². The smallest absolute Gasteiger partial charge is 0.408 e. The van der Waals surface area contributed by atoms with E-state index in [0.717, 1.165) is 22.3 Å². The van der Waals surface area contributed by atoms with Gasteiger partial charge in [0.25, 0.3) is 0 Å². The minimum Gasteiger partial charge on any atom is -0.445 e. The van der Waals surface area contributed by atoms with Crippen LogP contribution < -0.4 is 31.9 Å². The minimum absolute atomic E-state index is 0. The van der Waals surface area contributed by atoms with E-state index in [1.165, 1.54) is 0 Å². The van der Waals surface area contributed by atoms with Crippen molar-refractivity contribution in [3.63, 3.8) is 0 Å². The van der Waals surface area contributed by atoms with E-state index in [-0.39, 0.29) is 98.8 Å². The van der Waals surface area contributed by atoms with Gasteiger partial charge in [-0.2, -0.15) is 0 Å². The van der Waals surface area contributed by atoms with E-state index in [4.69, 9.17) is 85.3 Å². The summed E-state index contributed by atoms with van der Waals surface area (Å²) in [6.45, 7) is 14.5. The van der Waals surface area contributed by atoms with Crippen LogP contribution in [0.1, 0.15) is 155 Å². The Balaban J connectivity index is 0.000000268. The summed E-state index contributed by atoms with van der Waals surface area (Å²) in [5.41, 5.74) is 4.54. The van der Waals surface area contributed by atoms with Gasteiger partial charge >= 0.3 is 36.6 Å². The Hall–Kier alpha value is -10.4. The molecule has 0 bridgehead atoms. The van der Waals surface area contributed by atoms with Crippen LogP contribution in [0.3, 0.4) is 0 Å². The van der Waals surface area contributed by atoms with Crippen LogP contribution in [-0.2, 0) is 125 Å². The first kappa shape index (κ1) is 112. The van der Waals surface area contributed by atoms with Gasteiger partial charge < -0.3 is 158 Å². The molecule has 6 fully saturated rings. The van der Waals surface area contributed by atoms with Gasteiger partial charge in [0.2, 0.25) is 0 Å². The molecular formula is C104H142N6O32. The first-order chi connectivity index (χ1) is 67.7. The Labute approximate surface area is 828 Å². The van der Waals surface area contributed by atoms with Crippen LogP contribution in [0.5, 0.6) is 0 Å². The number of nitrogens with one attached hydrogen (secondary N) is 6. The number of alkyl carbamates (subject to hydrolysis) is 6. The zero-order valence-corrected chi connectivity index (χ0v) is 79.5. The van der Waals surface area contributed by atoms with Gasteiger partial charge in [0, 0.05) is 0 Å². The molecule has 38 nitrogen and oxygen atoms in total. The molecule has 34 atom stereocenters. The third-order valence-electron chi connectivity index (χ3n) is 26.0. The summed E-state index contributed by atoms with van der Waals surface area (Å²) < 4.78 is 110. The summed E-state index contributed by atoms with van der Waals surface area (Å²) in [6.07, 6.45) is -26.4. The number of carbonyl (C=O) groups excluding carboxylic acids is 6. The molecule has 0 spiro atoms. The summed E-state index contributed by atoms with van der Waals surface area (Å²) in [4.78, 5) is 79.0. The number of benzene rings is 6. The fourth-order valence-corrected chi connectivity index (χ4v) is 18.1. The summed E-state index contributed by atoms with van der Waals surface area (Å²) >= 11 is 0. The average Bonchev–Trinajstić information content (AvgIpc) is 1.32. The number of carbonyl (C=O) groups is 6. The maximum Gasteiger partial charge on any atom is 0.408 e. The molecule has 4 saturated heterocycles. The summed E-state index contributed by atoms with van der Waals surface area (Å²) in [5, 5.41) is 110. The van der Waals surface area contributed by atoms with Gasteiger partial charge in [-0.3, -0.25) is 0 Å². The van der Waals surface area contributed by atoms with Gasteiger partial charge in [-0.25, -0.2) is 28.8 Å². The van der Waals surface area contributed by atoms with E-state index in [2.05, 4.69) is 31.9 Å². The number of aliphatic hydroxyl groups excluding tert-OH is 8. The number of rotatable bonds is 36. The summed E-state index contributed by atoms with van der Waals surface area (Å²) in [6, 6.07) is 48.3. The van der Waals surface area contributed by atoms with Gasteiger partial charge in [-0.1, -0.05) is 277 Å². The molecule has 14 N–H and O–H groups in total. The molecule has 6 heterocycles. The van der Waals surface area contributed by atoms with Gasteiger partial charge in [-0.05, 0) is 96.6 Å². The minimum atomic E-state index is -1.64. The molecule has 2 aliphatic carbocycles. The van der Waals surface area contributed by atoms with Crippen molar-refractivity contribution in [2.45, 2.75) is 357 Å². The lowest BCUT2D eigenvalue weighted by Gasteiger charge is -2.48. The standard InChI is InChI=1S/C51H69N3O18.C51H65N3O14.2CH4/c1-5-32-38(56)40(58)35(53-50(62)65-25-29-19-13-9-14-20-29)46(67-32)70-43-27(4)23-31(52-49(61)64-24-28-17-11-8-12-18-28)37(55)45(43)72-48-42(60)44(34(7-3)69-48)71-47-36(41(59)39(57)33(6-2)68-47)54-51(63)66-26-30-21-15-10-16-22-30;1-5-35-23-25-37(52-49(57)60-28-32-17-11-8-12-18-32)46(63-35)66-43-31(4)27-39(54-51(59)62-30-34-21-15-10-16-22-34)41(55)45(43)68-48-42(56)44(40(7-3)65-48)67-47-38(26-24-36(6-2)64-47)53-50(58)61-29-33-19-13-9-14-20-33;;/h8-22,27,31-48,55-60H,5-7,23-26H2,1-4H3,(H,52,61)(H,53,62)(H,54,63);8-26,31,35-48,55-56H,5-7,27-30H2,1-4H3,(H,52,57)(H,53,58)(H,54,59);2*1H4/t27-,31+,32+,33-,34+,35+,36+,37-,38+,39+,40+,41+,42+,43+,44+,45+,46+,47+,48-;31-,35+,36-,37+,38+,39+,40+,41-,42+,43+,44+,45+,46+,47+,48-;;/m00../s1. The third-order valence-corrected chi connectivity index (χ3v) is 26.0. The Morgan fingerprint density at radius 1 is 0.268 bits per heavy atom. The molecule has 6 amide bonds. The molecule has 0 aromatic heterocycles. The maximum absolute atomic E-state index is 13.3. The Kier molecular flexibility index (Phi) is 43.4. The molecule has 6 aromatic carbocycles. The molecule has 2 saturated carbocycles. The van der Waals surface area contributed by atoms with Crippen molar-refractivity contribution in [2.24, 2.45) is 11.8 Å². The highest BCUT2D eigenvalue weighted by Gasteiger charge is 2.58. The molecule has 6 aromatic rings. The van der Waals surface area contributed by atoms with Gasteiger partial charge in [0.15, 0.2) is 37.7 Å². The molecule has 8 aliphatic rings. The highest BCUT2D eigenvalue weighted by molar-refractivity contribution is 5.70. The SMILES string of the molecule is C.C.CC[C@@H]1O[C@H](O[C@H]2[C@@H](O)[C@H](O[C@@H]3[C@@H](O)[C@H](NC(=O)OCc4ccccc4)C[C@H](C)[C@H]3O[C@H]3O[C@H](CC)[C@@H](O)[C@H](O)[C@H]3NC(=O)OCc3ccccc3)O[C@@H]2CC)[C@H](NC(=O)OCc2ccccc2)[C@@H](O)[C@@H]1O.CC[C@H]1C=C[C@@H](NC(=O)OCc2ccccc2)[C@@H](O[C@H]2[C@@H](O)[C@H](O[C@@H]3[C@@H](O)[C@H](NC(=O)OCc4ccccc4)C[C@H](C)[C@H]3O[C@H]3O[C@H](CC)C=C[C@H]3NC(=O)OCc3ccccc3)O[C@@H]2CC)O1. The van der Waals surface area contributed by atoms with Crippen molar-refractivity contribution in [3.05, 3.63) is 240 Å². The zero-order valence-electron chi connectivity index (χ0n) is 79.5. The zero-order chi connectivity index (χ0) is 99.5. The van der Waals surface area contributed by atoms with E-state index in [9.17, 15) is 69.6 Å². The first-order valence-corrected chi connectivity index (χ1v) is 48.2. The molecular weight excluding hydrogens is 1850 g/mol. The van der Waals surface area contributed by atoms with Crippen LogP contribution in [0.2, 0.25) is 0 Å². The van der Waals surface area contributed by atoms with Gasteiger partial charge in [0.05, 0.1) is 60.9 Å². The monoisotopic (exact) mass is 1990 g/mol. The molecule has 0 unspecified atom stereocenters. The van der Waals surface area contributed by atoms with Crippen LogP contribution >= 0.6 is 0 Å². The molecule has 38 heteroatoms. The fraction of sp³-hybridized carbons (Fsp3) is 0.558. The highest BCUT2D eigenvalue weighted by atomic mass is 16.8. The first-order valence-electron chi connectivity index (χ1n) is 48.2. The molecule has 6 aliphatic heterocycles. The Bertz CT molecular complexity index is 4850. The third kappa shape index (κ3) is 30.4. The lowest BCUT2D eigenvalue weighted by Crippen LogP contribution is -2.67. The highest BCUT2D eigenvalue weighted by Crippen LogP contribution is 2.42. The van der Waals surface area contributed by atoms with Crippen LogP contribution in [0, 0.1) is 11.8 Å². The van der Waals surface area contributed by atoms with E-state index in [1.807, 2.05) is 149 Å². The predicted molar refractivity (Wildman–Crippen MR) is 512 cm³/mol. The van der Waals surface area contributed by atoms with E-state index >= 15 is 0 Å². The van der Waals surface area contributed by atoms with Crippen molar-refractivity contribution in [1.29, 1.82) is 0 Å². The van der Waals surface area contributed by atoms with Crippen LogP contribution in [-0.4, -0.2) is 273 Å². The second kappa shape index (κ2) is 55.1. The average molecular weight is 1990 g/mol. The van der Waals surface area contributed by atoms with Crippen molar-refractivity contribution in [3.8, 4) is 0 Å². The lowest BCUT2D eigenvalue weighted by atomic mass is 9.80. The van der Waals surface area contributed by atoms with Crippen LogP contribution in [0.4, 0.5) is 28.8 Å². The number of hydrogen-bond acceptors (Lipinski definition) is 32. The van der Waals surface area contributed by atoms with E-state index < -0.39 is 232 Å². The number of hydrogen-bond donors (Lipinski definition) is 14. The number of aliphatic hydroxyl groups is 8. The number of amides is 6. The van der Waals surface area contributed by atoms with E-state index in [1.54, 1.807) is 113 Å². The molecule has 0 radical (unpaired) electrons. The topological polar surface area (TPSA) is 503 Å². The Morgan fingerprint density at radius 2 is 0.514 bits per heavy atom. The van der Waals surface area contributed by atoms with Crippen molar-refractivity contribution < 1.29 is 155 Å². The van der Waals surface area contributed by atoms with Crippen molar-refractivity contribution in [1.82, 2.24) is 31.9 Å². The molecule has 780 valence electrons. The maximum atomic E-state index is 13.3. The van der Waals surface area contributed by atoms with Gasteiger partial charge in [-0.15, -0.1) is 0 Å². The number of ether oxygens (including phenoxy) is 18. The molecule has 14 rings (SSSR count). The van der Waals surface area contributed by atoms with E-state index in [0.29, 0.717) is 30.4 Å². The van der Waals surface area contributed by atoms with Gasteiger partial charge in [0.1, 0.15) is 137 Å². The normalized spacial score (nSPS) is 33.5.